The van der Waals surface area contributed by atoms with E-state index in [2.05, 4.69) is 9.79 Å². The van der Waals surface area contributed by atoms with Crippen molar-refractivity contribution >= 4 is 0 Å². The van der Waals surface area contributed by atoms with Gasteiger partial charge in [0.15, 0.2) is 0 Å². The second-order valence-corrected chi connectivity index (χ2v) is 3.54. The maximum atomic E-state index is 10.7. The standard InChI is InChI=1S/C7H12N2O3/c1-5-6(8-12-9(5)10)11-7(2,3)4/h1-4H3. The van der Waals surface area contributed by atoms with Gasteiger partial charge in [-0.3, -0.25) is 4.63 Å². The van der Waals surface area contributed by atoms with E-state index < -0.39 is 0 Å². The van der Waals surface area contributed by atoms with Crippen LogP contribution in [-0.2, 0) is 0 Å². The SMILES string of the molecule is Cc1c(OC(C)(C)C)no[n+]1[O-]. The monoisotopic (exact) mass is 172 g/mol. The smallest absolute Gasteiger partial charge is 0.398 e. The summed E-state index contributed by atoms with van der Waals surface area (Å²) in [4.78, 5) is 0.321. The third kappa shape index (κ3) is 1.87. The lowest BCUT2D eigenvalue weighted by Gasteiger charge is -2.16. The molecule has 0 saturated heterocycles. The quantitative estimate of drug-likeness (QED) is 0.587. The zero-order valence-corrected chi connectivity index (χ0v) is 7.62. The third-order valence-corrected chi connectivity index (χ3v) is 1.18. The Morgan fingerprint density at radius 1 is 1.50 bits per heavy atom. The number of hydrogen-bond acceptors (Lipinski definition) is 4. The molecule has 1 rings (SSSR count). The first kappa shape index (κ1) is 8.83. The average molecular weight is 172 g/mol. The molecule has 5 nitrogen and oxygen atoms in total. The molecule has 68 valence electrons. The van der Waals surface area contributed by atoms with Crippen molar-refractivity contribution in [1.82, 2.24) is 5.16 Å². The first-order valence-electron chi connectivity index (χ1n) is 3.65. The molecule has 0 atom stereocenters. The van der Waals surface area contributed by atoms with Gasteiger partial charge in [-0.25, -0.2) is 0 Å². The van der Waals surface area contributed by atoms with Gasteiger partial charge in [-0.15, -0.1) is 0 Å². The summed E-state index contributed by atoms with van der Waals surface area (Å²) < 4.78 is 9.65. The van der Waals surface area contributed by atoms with Crippen LogP contribution in [0.3, 0.4) is 0 Å². The highest BCUT2D eigenvalue weighted by atomic mass is 16.8. The fourth-order valence-electron chi connectivity index (χ4n) is 0.662. The third-order valence-electron chi connectivity index (χ3n) is 1.18. The van der Waals surface area contributed by atoms with Crippen molar-refractivity contribution in [1.29, 1.82) is 0 Å². The van der Waals surface area contributed by atoms with Crippen LogP contribution < -0.4 is 9.64 Å². The maximum absolute atomic E-state index is 10.7. The van der Waals surface area contributed by atoms with E-state index in [4.69, 9.17) is 4.74 Å². The van der Waals surface area contributed by atoms with Crippen molar-refractivity contribution in [3.8, 4) is 5.88 Å². The zero-order valence-electron chi connectivity index (χ0n) is 7.62. The Morgan fingerprint density at radius 3 is 2.42 bits per heavy atom. The molecule has 0 saturated carbocycles. The molecule has 0 N–H and O–H groups in total. The summed E-state index contributed by atoms with van der Waals surface area (Å²) in [5, 5.41) is 14.2. The van der Waals surface area contributed by atoms with E-state index in [1.807, 2.05) is 20.8 Å². The van der Waals surface area contributed by atoms with Crippen LogP contribution in [0.15, 0.2) is 4.63 Å². The molecular weight excluding hydrogens is 160 g/mol. The second kappa shape index (κ2) is 2.66. The summed E-state index contributed by atoms with van der Waals surface area (Å²) in [6.07, 6.45) is 0. The van der Waals surface area contributed by atoms with Crippen LogP contribution in [0.2, 0.25) is 0 Å². The van der Waals surface area contributed by atoms with Gasteiger partial charge >= 0.3 is 5.88 Å². The molecule has 0 bridgehead atoms. The summed E-state index contributed by atoms with van der Waals surface area (Å²) in [5.74, 6) is 0.248. The number of ether oxygens (including phenoxy) is 1. The summed E-state index contributed by atoms with van der Waals surface area (Å²) >= 11 is 0. The van der Waals surface area contributed by atoms with Crippen LogP contribution in [-0.4, -0.2) is 10.8 Å². The molecule has 1 aromatic heterocycles. The highest BCUT2D eigenvalue weighted by molar-refractivity contribution is 5.09. The van der Waals surface area contributed by atoms with Crippen molar-refractivity contribution in [2.45, 2.75) is 33.3 Å². The van der Waals surface area contributed by atoms with Gasteiger partial charge in [0.25, 0.3) is 0 Å². The predicted octanol–water partition coefficient (Wildman–Crippen LogP) is 0.794. The van der Waals surface area contributed by atoms with Crippen molar-refractivity contribution in [3.05, 3.63) is 10.9 Å². The minimum absolute atomic E-state index is 0.248. The lowest BCUT2D eigenvalue weighted by Crippen LogP contribution is -2.28. The Kier molecular flexibility index (Phi) is 1.95. The topological polar surface area (TPSA) is 62.2 Å². The largest absolute Gasteiger partial charge is 0.450 e. The van der Waals surface area contributed by atoms with Crippen molar-refractivity contribution in [2.24, 2.45) is 0 Å². The molecule has 1 aromatic rings. The molecule has 1 heterocycles. The van der Waals surface area contributed by atoms with Gasteiger partial charge in [0.2, 0.25) is 5.69 Å². The molecule has 0 aliphatic carbocycles. The molecular formula is C7H12N2O3. The Hall–Kier alpha value is -1.26. The van der Waals surface area contributed by atoms with Gasteiger partial charge in [0, 0.05) is 6.92 Å². The number of rotatable bonds is 1. The van der Waals surface area contributed by atoms with Gasteiger partial charge in [0.05, 0.1) is 5.16 Å². The number of aromatic nitrogens is 2. The zero-order chi connectivity index (χ0) is 9.35. The average Bonchev–Trinajstić information content (AvgIpc) is 2.16. The first-order chi connectivity index (χ1) is 5.40. The van der Waals surface area contributed by atoms with Crippen LogP contribution in [0.4, 0.5) is 0 Å². The number of hydrogen-bond donors (Lipinski definition) is 0. The molecule has 0 aliphatic rings. The van der Waals surface area contributed by atoms with Gasteiger partial charge in [-0.05, 0) is 25.7 Å². The van der Waals surface area contributed by atoms with Crippen molar-refractivity contribution in [3.63, 3.8) is 0 Å². The van der Waals surface area contributed by atoms with E-state index in [0.29, 0.717) is 10.6 Å². The number of nitrogens with zero attached hydrogens (tertiary/aromatic N) is 2. The van der Waals surface area contributed by atoms with Crippen LogP contribution in [0.25, 0.3) is 0 Å². The molecule has 12 heavy (non-hydrogen) atoms. The summed E-state index contributed by atoms with van der Waals surface area (Å²) in [5.41, 5.74) is -0.0285. The lowest BCUT2D eigenvalue weighted by atomic mass is 10.2. The van der Waals surface area contributed by atoms with Gasteiger partial charge in [-0.2, -0.15) is 0 Å². The normalized spacial score (nSPS) is 11.7. The summed E-state index contributed by atoms with van der Waals surface area (Å²) in [7, 11) is 0. The van der Waals surface area contributed by atoms with E-state index in [1.54, 1.807) is 6.92 Å². The van der Waals surface area contributed by atoms with E-state index >= 15 is 0 Å². The minimum atomic E-state index is -0.366. The lowest BCUT2D eigenvalue weighted by molar-refractivity contribution is -0.806. The highest BCUT2D eigenvalue weighted by Gasteiger charge is 2.22. The Balaban J connectivity index is 2.83. The maximum Gasteiger partial charge on any atom is 0.398 e. The molecule has 0 fully saturated rings. The Bertz CT molecular complexity index is 275. The van der Waals surface area contributed by atoms with Crippen LogP contribution in [0.1, 0.15) is 26.5 Å². The Labute approximate surface area is 70.5 Å². The molecule has 5 heteroatoms. The summed E-state index contributed by atoms with van der Waals surface area (Å²) in [6.45, 7) is 7.20. The van der Waals surface area contributed by atoms with Gasteiger partial charge in [-0.1, -0.05) is 0 Å². The van der Waals surface area contributed by atoms with Crippen molar-refractivity contribution < 1.29 is 14.3 Å². The Morgan fingerprint density at radius 2 is 2.08 bits per heavy atom. The second-order valence-electron chi connectivity index (χ2n) is 3.54. The summed E-state index contributed by atoms with van der Waals surface area (Å²) in [6, 6.07) is 0. The van der Waals surface area contributed by atoms with Gasteiger partial charge < -0.3 is 9.94 Å². The molecule has 0 amide bonds. The predicted molar refractivity (Wildman–Crippen MR) is 40.6 cm³/mol. The molecule has 0 radical (unpaired) electrons. The van der Waals surface area contributed by atoms with E-state index in [0.717, 1.165) is 0 Å². The fourth-order valence-corrected chi connectivity index (χ4v) is 0.662. The van der Waals surface area contributed by atoms with Crippen LogP contribution in [0, 0.1) is 12.1 Å². The molecule has 0 spiro atoms. The van der Waals surface area contributed by atoms with Crippen LogP contribution in [0.5, 0.6) is 5.88 Å². The molecule has 0 aliphatic heterocycles. The van der Waals surface area contributed by atoms with Gasteiger partial charge in [0.1, 0.15) is 5.60 Å². The first-order valence-corrected chi connectivity index (χ1v) is 3.65. The molecule has 0 unspecified atom stereocenters. The van der Waals surface area contributed by atoms with Crippen molar-refractivity contribution in [2.75, 3.05) is 0 Å². The molecule has 0 aromatic carbocycles. The van der Waals surface area contributed by atoms with E-state index in [-0.39, 0.29) is 11.5 Å². The fraction of sp³-hybridized carbons (Fsp3) is 0.714. The van der Waals surface area contributed by atoms with E-state index in [1.165, 1.54) is 0 Å². The minimum Gasteiger partial charge on any atom is -0.450 e. The van der Waals surface area contributed by atoms with Crippen LogP contribution >= 0.6 is 0 Å². The highest BCUT2D eigenvalue weighted by Crippen LogP contribution is 2.16. The van der Waals surface area contributed by atoms with E-state index in [9.17, 15) is 5.21 Å².